The molecule has 0 aliphatic heterocycles. The summed E-state index contributed by atoms with van der Waals surface area (Å²) in [4.78, 5) is 0. The van der Waals surface area contributed by atoms with Gasteiger partial charge in [-0.25, -0.2) is 4.39 Å². The summed E-state index contributed by atoms with van der Waals surface area (Å²) < 4.78 is 12.4. The predicted molar refractivity (Wildman–Crippen MR) is 37.6 cm³/mol. The Morgan fingerprint density at radius 1 is 1.78 bits per heavy atom. The molecule has 2 heteroatoms. The number of hydrogen-bond donors (Lipinski definition) is 0. The fourth-order valence-corrected chi connectivity index (χ4v) is 1.22. The van der Waals surface area contributed by atoms with E-state index < -0.39 is 6.17 Å². The van der Waals surface area contributed by atoms with E-state index >= 15 is 0 Å². The Balaban J connectivity index is 2.40. The van der Waals surface area contributed by atoms with Crippen LogP contribution in [-0.4, -0.2) is 12.1 Å². The van der Waals surface area contributed by atoms with Crippen LogP contribution in [0.3, 0.4) is 0 Å². The van der Waals surface area contributed by atoms with Crippen molar-refractivity contribution in [1.82, 2.24) is 0 Å². The third-order valence-corrected chi connectivity index (χ3v) is 1.96. The average Bonchev–Trinajstić information content (AvgIpc) is 1.90. The van der Waals surface area contributed by atoms with Crippen molar-refractivity contribution >= 4 is 11.6 Å². The van der Waals surface area contributed by atoms with Gasteiger partial charge in [0.05, 0.1) is 0 Å². The van der Waals surface area contributed by atoms with E-state index in [0.29, 0.717) is 18.7 Å². The fraction of sp³-hybridized carbons (Fsp3) is 0.714. The SMILES string of the molecule is F[C@@H]1CC=C(CCl)CC1. The summed E-state index contributed by atoms with van der Waals surface area (Å²) >= 11 is 5.54. The topological polar surface area (TPSA) is 0 Å². The van der Waals surface area contributed by atoms with Gasteiger partial charge in [-0.05, 0) is 19.3 Å². The molecule has 1 aliphatic carbocycles. The molecule has 0 amide bonds. The number of alkyl halides is 2. The Hall–Kier alpha value is -0.0400. The van der Waals surface area contributed by atoms with Gasteiger partial charge in [0, 0.05) is 5.88 Å². The van der Waals surface area contributed by atoms with Crippen LogP contribution >= 0.6 is 11.6 Å². The van der Waals surface area contributed by atoms with Gasteiger partial charge in [-0.1, -0.05) is 11.6 Å². The van der Waals surface area contributed by atoms with E-state index in [4.69, 9.17) is 11.6 Å². The van der Waals surface area contributed by atoms with Gasteiger partial charge >= 0.3 is 0 Å². The first-order valence-electron chi connectivity index (χ1n) is 3.21. The molecule has 0 fully saturated rings. The summed E-state index contributed by atoms with van der Waals surface area (Å²) in [6.45, 7) is 0. The third kappa shape index (κ3) is 1.98. The van der Waals surface area contributed by atoms with E-state index in [0.717, 1.165) is 6.42 Å². The van der Waals surface area contributed by atoms with E-state index in [1.165, 1.54) is 5.57 Å². The molecular weight excluding hydrogens is 139 g/mol. The predicted octanol–water partition coefficient (Wildman–Crippen LogP) is 2.67. The van der Waals surface area contributed by atoms with Crippen LogP contribution in [0.1, 0.15) is 19.3 Å². The van der Waals surface area contributed by atoms with Gasteiger partial charge < -0.3 is 0 Å². The lowest BCUT2D eigenvalue weighted by Gasteiger charge is -2.13. The van der Waals surface area contributed by atoms with Crippen LogP contribution in [0.15, 0.2) is 11.6 Å². The minimum absolute atomic E-state index is 0.571. The molecule has 0 radical (unpaired) electrons. The molecule has 0 unspecified atom stereocenters. The minimum Gasteiger partial charge on any atom is -0.247 e. The van der Waals surface area contributed by atoms with Crippen molar-refractivity contribution in [3.8, 4) is 0 Å². The van der Waals surface area contributed by atoms with Crippen molar-refractivity contribution in [1.29, 1.82) is 0 Å². The molecule has 0 spiro atoms. The summed E-state index contributed by atoms with van der Waals surface area (Å²) in [6, 6.07) is 0. The maximum Gasteiger partial charge on any atom is 0.104 e. The Labute approximate surface area is 59.7 Å². The second kappa shape index (κ2) is 3.21. The van der Waals surface area contributed by atoms with Gasteiger partial charge in [0.1, 0.15) is 6.17 Å². The number of allylic oxidation sites excluding steroid dienone is 2. The summed E-state index contributed by atoms with van der Waals surface area (Å²) in [5, 5.41) is 0. The molecule has 1 rings (SSSR count). The molecular formula is C7H10ClF. The molecule has 52 valence electrons. The van der Waals surface area contributed by atoms with Crippen LogP contribution in [-0.2, 0) is 0 Å². The first kappa shape index (κ1) is 7.07. The van der Waals surface area contributed by atoms with Gasteiger partial charge in [-0.3, -0.25) is 0 Å². The zero-order valence-corrected chi connectivity index (χ0v) is 5.99. The van der Waals surface area contributed by atoms with Crippen molar-refractivity contribution in [2.45, 2.75) is 25.4 Å². The fourth-order valence-electron chi connectivity index (χ4n) is 0.978. The average molecular weight is 149 g/mol. The largest absolute Gasteiger partial charge is 0.247 e. The smallest absolute Gasteiger partial charge is 0.104 e. The van der Waals surface area contributed by atoms with Gasteiger partial charge in [-0.2, -0.15) is 0 Å². The van der Waals surface area contributed by atoms with Gasteiger partial charge in [0.25, 0.3) is 0 Å². The lowest BCUT2D eigenvalue weighted by molar-refractivity contribution is 0.308. The number of rotatable bonds is 1. The highest BCUT2D eigenvalue weighted by atomic mass is 35.5. The molecule has 0 N–H and O–H groups in total. The lowest BCUT2D eigenvalue weighted by Crippen LogP contribution is -2.05. The van der Waals surface area contributed by atoms with Crippen LogP contribution in [0.4, 0.5) is 4.39 Å². The highest BCUT2D eigenvalue weighted by molar-refractivity contribution is 6.19. The van der Waals surface area contributed by atoms with Crippen LogP contribution in [0, 0.1) is 0 Å². The molecule has 0 nitrogen and oxygen atoms in total. The summed E-state index contributed by atoms with van der Waals surface area (Å²) in [5.74, 6) is 0.576. The van der Waals surface area contributed by atoms with Gasteiger partial charge in [-0.15, -0.1) is 11.6 Å². The van der Waals surface area contributed by atoms with E-state index in [-0.39, 0.29) is 0 Å². The highest BCUT2D eigenvalue weighted by Gasteiger charge is 2.11. The van der Waals surface area contributed by atoms with Crippen LogP contribution in [0.5, 0.6) is 0 Å². The quantitative estimate of drug-likeness (QED) is 0.396. The molecule has 9 heavy (non-hydrogen) atoms. The normalized spacial score (nSPS) is 27.8. The Morgan fingerprint density at radius 2 is 2.56 bits per heavy atom. The van der Waals surface area contributed by atoms with Crippen molar-refractivity contribution in [3.05, 3.63) is 11.6 Å². The minimum atomic E-state index is -0.614. The molecule has 0 heterocycles. The van der Waals surface area contributed by atoms with Gasteiger partial charge in [0.2, 0.25) is 0 Å². The first-order chi connectivity index (χ1) is 4.33. The molecule has 0 saturated heterocycles. The Bertz CT molecular complexity index is 120. The van der Waals surface area contributed by atoms with Crippen LogP contribution in [0.2, 0.25) is 0 Å². The molecule has 0 aromatic carbocycles. The standard InChI is InChI=1S/C7H10ClF/c8-5-6-1-3-7(9)4-2-6/h1,7H,2-5H2/t7-/m1/s1. The first-order valence-corrected chi connectivity index (χ1v) is 3.74. The molecule has 1 aliphatic rings. The second-order valence-corrected chi connectivity index (χ2v) is 2.63. The molecule has 0 bridgehead atoms. The van der Waals surface area contributed by atoms with Crippen molar-refractivity contribution in [2.24, 2.45) is 0 Å². The Kier molecular flexibility index (Phi) is 2.52. The summed E-state index contributed by atoms with van der Waals surface area (Å²) in [5.41, 5.74) is 1.20. The summed E-state index contributed by atoms with van der Waals surface area (Å²) in [6.07, 6.45) is 3.39. The zero-order valence-electron chi connectivity index (χ0n) is 5.24. The third-order valence-electron chi connectivity index (χ3n) is 1.61. The lowest BCUT2D eigenvalue weighted by atomic mass is 10.00. The molecule has 0 aromatic rings. The molecule has 0 aromatic heterocycles. The van der Waals surface area contributed by atoms with E-state index in [2.05, 4.69) is 0 Å². The van der Waals surface area contributed by atoms with E-state index in [1.54, 1.807) is 0 Å². The Morgan fingerprint density at radius 3 is 3.00 bits per heavy atom. The van der Waals surface area contributed by atoms with Crippen LogP contribution < -0.4 is 0 Å². The van der Waals surface area contributed by atoms with Gasteiger partial charge in [0.15, 0.2) is 0 Å². The van der Waals surface area contributed by atoms with Crippen molar-refractivity contribution in [3.63, 3.8) is 0 Å². The maximum atomic E-state index is 12.4. The van der Waals surface area contributed by atoms with E-state index in [9.17, 15) is 4.39 Å². The zero-order chi connectivity index (χ0) is 6.69. The van der Waals surface area contributed by atoms with Crippen molar-refractivity contribution in [2.75, 3.05) is 5.88 Å². The molecule has 0 saturated carbocycles. The molecule has 1 atom stereocenters. The number of halogens is 2. The monoisotopic (exact) mass is 148 g/mol. The number of hydrogen-bond acceptors (Lipinski definition) is 0. The summed E-state index contributed by atoms with van der Waals surface area (Å²) in [7, 11) is 0. The second-order valence-electron chi connectivity index (χ2n) is 2.37. The van der Waals surface area contributed by atoms with Crippen molar-refractivity contribution < 1.29 is 4.39 Å². The van der Waals surface area contributed by atoms with E-state index in [1.807, 2.05) is 6.08 Å². The van der Waals surface area contributed by atoms with Crippen LogP contribution in [0.25, 0.3) is 0 Å². The maximum absolute atomic E-state index is 12.4. The highest BCUT2D eigenvalue weighted by Crippen LogP contribution is 2.20.